The van der Waals surface area contributed by atoms with E-state index in [1.165, 1.54) is 19.3 Å². The van der Waals surface area contributed by atoms with Crippen LogP contribution in [0.4, 0.5) is 0 Å². The van der Waals surface area contributed by atoms with Crippen LogP contribution in [0.5, 0.6) is 11.5 Å². The number of aryl methyl sites for hydroxylation is 1. The van der Waals surface area contributed by atoms with Crippen LogP contribution in [0.2, 0.25) is 0 Å². The first-order chi connectivity index (χ1) is 13.2. The predicted molar refractivity (Wildman–Crippen MR) is 112 cm³/mol. The number of hydrogen-bond donors (Lipinski definition) is 1. The minimum atomic E-state index is 0.497. The molecule has 0 saturated carbocycles. The van der Waals surface area contributed by atoms with E-state index in [0.29, 0.717) is 17.1 Å². The van der Waals surface area contributed by atoms with E-state index in [-0.39, 0.29) is 0 Å². The number of ether oxygens (including phenoxy) is 2. The fraction of sp³-hybridized carbons (Fsp3) is 0.550. The highest BCUT2D eigenvalue weighted by Gasteiger charge is 2.07. The average molecular weight is 391 g/mol. The van der Waals surface area contributed by atoms with Crippen molar-refractivity contribution in [1.82, 2.24) is 14.9 Å². The van der Waals surface area contributed by atoms with Gasteiger partial charge in [0.25, 0.3) is 0 Å². The second-order valence-corrected chi connectivity index (χ2v) is 6.81. The third-order valence-electron chi connectivity index (χ3n) is 4.24. The van der Waals surface area contributed by atoms with Gasteiger partial charge in [-0.2, -0.15) is 14.9 Å². The third-order valence-corrected chi connectivity index (χ3v) is 4.50. The molecule has 2 aromatic rings. The van der Waals surface area contributed by atoms with Gasteiger partial charge in [0, 0.05) is 6.42 Å². The van der Waals surface area contributed by atoms with Gasteiger partial charge >= 0.3 is 0 Å². The number of benzene rings is 1. The standard InChI is InChI=1S/C20H30N4O2S/c1-4-6-8-9-13-26-17-12-11-16(14-18(17)25-3)15-21-24-19(10-7-5-2)22-23-20(24)27/h11-12,14-15H,4-10,13H2,1-3H3,(H,23,27)/b21-15-. The van der Waals surface area contributed by atoms with Gasteiger partial charge in [-0.1, -0.05) is 39.5 Å². The lowest BCUT2D eigenvalue weighted by Crippen LogP contribution is -2.01. The first-order valence-electron chi connectivity index (χ1n) is 9.71. The Morgan fingerprint density at radius 1 is 1.15 bits per heavy atom. The Balaban J connectivity index is 2.06. The molecule has 6 nitrogen and oxygen atoms in total. The second-order valence-electron chi connectivity index (χ2n) is 6.42. The highest BCUT2D eigenvalue weighted by molar-refractivity contribution is 7.71. The lowest BCUT2D eigenvalue weighted by Gasteiger charge is -2.11. The van der Waals surface area contributed by atoms with Crippen LogP contribution >= 0.6 is 12.2 Å². The maximum absolute atomic E-state index is 5.86. The molecule has 0 unspecified atom stereocenters. The van der Waals surface area contributed by atoms with Crippen molar-refractivity contribution in [2.24, 2.45) is 5.10 Å². The van der Waals surface area contributed by atoms with E-state index in [4.69, 9.17) is 21.7 Å². The van der Waals surface area contributed by atoms with E-state index in [0.717, 1.165) is 42.8 Å². The number of hydrogen-bond acceptors (Lipinski definition) is 5. The molecule has 0 aliphatic carbocycles. The Kier molecular flexibility index (Phi) is 9.04. The first-order valence-corrected chi connectivity index (χ1v) is 10.1. The fourth-order valence-corrected chi connectivity index (χ4v) is 2.86. The Hall–Kier alpha value is -2.15. The second kappa shape index (κ2) is 11.5. The molecular formula is C20H30N4O2S. The van der Waals surface area contributed by atoms with Crippen molar-refractivity contribution in [2.45, 2.75) is 58.8 Å². The lowest BCUT2D eigenvalue weighted by molar-refractivity contribution is 0.285. The maximum atomic E-state index is 5.86. The summed E-state index contributed by atoms with van der Waals surface area (Å²) in [5.41, 5.74) is 0.912. The van der Waals surface area contributed by atoms with Crippen molar-refractivity contribution in [3.05, 3.63) is 34.4 Å². The summed E-state index contributed by atoms with van der Waals surface area (Å²) in [6, 6.07) is 5.80. The summed E-state index contributed by atoms with van der Waals surface area (Å²) >= 11 is 5.27. The molecule has 27 heavy (non-hydrogen) atoms. The van der Waals surface area contributed by atoms with Crippen LogP contribution in [0.25, 0.3) is 0 Å². The molecule has 0 amide bonds. The van der Waals surface area contributed by atoms with Crippen LogP contribution < -0.4 is 9.47 Å². The maximum Gasteiger partial charge on any atom is 0.216 e. The number of rotatable bonds is 12. The van der Waals surface area contributed by atoms with E-state index in [1.807, 2.05) is 18.2 Å². The van der Waals surface area contributed by atoms with Crippen molar-refractivity contribution < 1.29 is 9.47 Å². The van der Waals surface area contributed by atoms with Crippen LogP contribution in [0.3, 0.4) is 0 Å². The SMILES string of the molecule is CCCCCCOc1ccc(/C=N\n2c(CCCC)n[nH]c2=S)cc1OC. The summed E-state index contributed by atoms with van der Waals surface area (Å²) in [7, 11) is 1.65. The molecule has 7 heteroatoms. The number of nitrogens with one attached hydrogen (secondary N) is 1. The Morgan fingerprint density at radius 3 is 2.70 bits per heavy atom. The van der Waals surface area contributed by atoms with Gasteiger partial charge < -0.3 is 9.47 Å². The van der Waals surface area contributed by atoms with Gasteiger partial charge in [0.1, 0.15) is 0 Å². The molecule has 0 saturated heterocycles. The lowest BCUT2D eigenvalue weighted by atomic mass is 10.2. The quantitative estimate of drug-likeness (QED) is 0.310. The average Bonchev–Trinajstić information content (AvgIpc) is 3.04. The highest BCUT2D eigenvalue weighted by Crippen LogP contribution is 2.27. The number of aromatic nitrogens is 3. The molecule has 0 bridgehead atoms. The minimum absolute atomic E-state index is 0.497. The zero-order chi connectivity index (χ0) is 19.5. The van der Waals surface area contributed by atoms with Gasteiger partial charge in [0.2, 0.25) is 4.77 Å². The molecule has 0 aliphatic heterocycles. The molecule has 0 fully saturated rings. The van der Waals surface area contributed by atoms with Crippen molar-refractivity contribution in [2.75, 3.05) is 13.7 Å². The van der Waals surface area contributed by atoms with Crippen molar-refractivity contribution in [3.8, 4) is 11.5 Å². The van der Waals surface area contributed by atoms with Gasteiger partial charge in [0.05, 0.1) is 19.9 Å². The number of aromatic amines is 1. The van der Waals surface area contributed by atoms with Crippen LogP contribution in [0.15, 0.2) is 23.3 Å². The zero-order valence-corrected chi connectivity index (χ0v) is 17.3. The van der Waals surface area contributed by atoms with Crippen LogP contribution in [-0.4, -0.2) is 34.8 Å². The number of nitrogens with zero attached hydrogens (tertiary/aromatic N) is 3. The molecule has 0 radical (unpaired) electrons. The highest BCUT2D eigenvalue weighted by atomic mass is 32.1. The largest absolute Gasteiger partial charge is 0.493 e. The summed E-state index contributed by atoms with van der Waals surface area (Å²) in [5, 5.41) is 11.6. The molecule has 2 rings (SSSR count). The summed E-state index contributed by atoms with van der Waals surface area (Å²) < 4.78 is 13.5. The molecule has 148 valence electrons. The van der Waals surface area contributed by atoms with Crippen LogP contribution in [-0.2, 0) is 6.42 Å². The van der Waals surface area contributed by atoms with E-state index in [1.54, 1.807) is 18.0 Å². The molecule has 1 heterocycles. The van der Waals surface area contributed by atoms with Crippen molar-refractivity contribution in [3.63, 3.8) is 0 Å². The van der Waals surface area contributed by atoms with Gasteiger partial charge in [-0.3, -0.25) is 5.10 Å². The number of H-pyrrole nitrogens is 1. The van der Waals surface area contributed by atoms with Gasteiger partial charge in [-0.05, 0) is 48.8 Å². The summed E-state index contributed by atoms with van der Waals surface area (Å²) in [4.78, 5) is 0. The van der Waals surface area contributed by atoms with Crippen LogP contribution in [0.1, 0.15) is 63.8 Å². The van der Waals surface area contributed by atoms with Crippen molar-refractivity contribution >= 4 is 18.4 Å². The number of unbranched alkanes of at least 4 members (excludes halogenated alkanes) is 4. The smallest absolute Gasteiger partial charge is 0.216 e. The normalized spacial score (nSPS) is 11.2. The molecule has 1 aromatic carbocycles. The van der Waals surface area contributed by atoms with Gasteiger partial charge in [-0.25, -0.2) is 0 Å². The predicted octanol–water partition coefficient (Wildman–Crippen LogP) is 5.13. The van der Waals surface area contributed by atoms with E-state index in [9.17, 15) is 0 Å². The van der Waals surface area contributed by atoms with E-state index in [2.05, 4.69) is 29.1 Å². The van der Waals surface area contributed by atoms with E-state index < -0.39 is 0 Å². The summed E-state index contributed by atoms with van der Waals surface area (Å²) in [5.74, 6) is 2.31. The van der Waals surface area contributed by atoms with Crippen molar-refractivity contribution in [1.29, 1.82) is 0 Å². The Bertz CT molecular complexity index is 783. The Morgan fingerprint density at radius 2 is 1.96 bits per heavy atom. The van der Waals surface area contributed by atoms with Crippen LogP contribution in [0, 0.1) is 4.77 Å². The molecule has 0 aliphatic rings. The molecule has 0 atom stereocenters. The van der Waals surface area contributed by atoms with E-state index >= 15 is 0 Å². The summed E-state index contributed by atoms with van der Waals surface area (Å²) in [6.07, 6.45) is 9.46. The molecular weight excluding hydrogens is 360 g/mol. The Labute approximate surface area is 166 Å². The summed E-state index contributed by atoms with van der Waals surface area (Å²) in [6.45, 7) is 5.05. The van der Waals surface area contributed by atoms with Gasteiger partial charge in [-0.15, -0.1) is 0 Å². The van der Waals surface area contributed by atoms with Gasteiger partial charge in [0.15, 0.2) is 17.3 Å². The molecule has 1 N–H and O–H groups in total. The topological polar surface area (TPSA) is 64.4 Å². The third kappa shape index (κ3) is 6.50. The number of methoxy groups -OCH3 is 1. The molecule has 0 spiro atoms. The molecule has 1 aromatic heterocycles. The zero-order valence-electron chi connectivity index (χ0n) is 16.5. The first kappa shape index (κ1) is 21.2. The minimum Gasteiger partial charge on any atom is -0.493 e. The fourth-order valence-electron chi connectivity index (χ4n) is 2.66. The monoisotopic (exact) mass is 390 g/mol.